The Morgan fingerprint density at radius 3 is 2.43 bits per heavy atom. The van der Waals surface area contributed by atoms with Gasteiger partial charge in [0.25, 0.3) is 5.91 Å². The Bertz CT molecular complexity index is 563. The number of esters is 1. The second kappa shape index (κ2) is 5.86. The van der Waals surface area contributed by atoms with Gasteiger partial charge in [-0.1, -0.05) is 6.08 Å². The van der Waals surface area contributed by atoms with Crippen molar-refractivity contribution in [3.63, 3.8) is 0 Å². The molecule has 0 aromatic rings. The lowest BCUT2D eigenvalue weighted by Crippen LogP contribution is -2.73. The lowest BCUT2D eigenvalue weighted by molar-refractivity contribution is -0.161. The van der Waals surface area contributed by atoms with E-state index in [9.17, 15) is 14.4 Å². The average molecular weight is 324 g/mol. The Morgan fingerprint density at radius 1 is 1.30 bits per heavy atom. The molecule has 2 rings (SSSR count). The van der Waals surface area contributed by atoms with Crippen LogP contribution in [-0.2, 0) is 19.1 Å². The van der Waals surface area contributed by atoms with Gasteiger partial charge >= 0.3 is 12.1 Å². The average Bonchev–Trinajstić information content (AvgIpc) is 2.91. The van der Waals surface area contributed by atoms with Crippen molar-refractivity contribution in [2.75, 3.05) is 20.2 Å². The van der Waals surface area contributed by atoms with Gasteiger partial charge in [-0.2, -0.15) is 0 Å². The molecule has 2 aliphatic heterocycles. The van der Waals surface area contributed by atoms with Crippen molar-refractivity contribution in [3.05, 3.63) is 11.8 Å². The lowest BCUT2D eigenvalue weighted by atomic mass is 9.85. The van der Waals surface area contributed by atoms with Crippen LogP contribution in [-0.4, -0.2) is 59.1 Å². The van der Waals surface area contributed by atoms with Crippen molar-refractivity contribution in [1.82, 2.24) is 9.80 Å². The smallest absolute Gasteiger partial charge is 0.411 e. The minimum atomic E-state index is -0.884. The number of likely N-dealkylation sites (tertiary alicyclic amines) is 2. The molecule has 2 aliphatic rings. The van der Waals surface area contributed by atoms with E-state index in [0.29, 0.717) is 19.5 Å². The molecule has 2 saturated heterocycles. The van der Waals surface area contributed by atoms with Gasteiger partial charge in [0, 0.05) is 6.54 Å². The number of hydrogen-bond donors (Lipinski definition) is 0. The number of rotatable bonds is 2. The number of methoxy groups -OCH3 is 1. The van der Waals surface area contributed by atoms with E-state index in [-0.39, 0.29) is 11.6 Å². The van der Waals surface area contributed by atoms with Gasteiger partial charge in [-0.05, 0) is 40.5 Å². The topological polar surface area (TPSA) is 76.2 Å². The van der Waals surface area contributed by atoms with Crippen LogP contribution in [0.15, 0.2) is 11.8 Å². The first-order valence-electron chi connectivity index (χ1n) is 7.73. The highest BCUT2D eigenvalue weighted by Crippen LogP contribution is 2.41. The van der Waals surface area contributed by atoms with Gasteiger partial charge in [-0.25, -0.2) is 9.59 Å². The van der Waals surface area contributed by atoms with Crippen LogP contribution in [0.1, 0.15) is 40.5 Å². The van der Waals surface area contributed by atoms with Gasteiger partial charge in [0.05, 0.1) is 13.7 Å². The Labute approximate surface area is 136 Å². The molecule has 23 heavy (non-hydrogen) atoms. The highest BCUT2D eigenvalue weighted by atomic mass is 16.6. The van der Waals surface area contributed by atoms with Crippen molar-refractivity contribution in [3.8, 4) is 0 Å². The van der Waals surface area contributed by atoms with E-state index in [0.717, 1.165) is 6.42 Å². The van der Waals surface area contributed by atoms with E-state index in [2.05, 4.69) is 0 Å². The van der Waals surface area contributed by atoms with Crippen molar-refractivity contribution < 1.29 is 23.9 Å². The first kappa shape index (κ1) is 17.3. The molecule has 0 aromatic carbocycles. The van der Waals surface area contributed by atoms with Gasteiger partial charge in [0.2, 0.25) is 0 Å². The van der Waals surface area contributed by atoms with Crippen LogP contribution in [0.2, 0.25) is 0 Å². The summed E-state index contributed by atoms with van der Waals surface area (Å²) in [5, 5.41) is 0. The summed E-state index contributed by atoms with van der Waals surface area (Å²) in [6.45, 7) is 7.82. The fraction of sp³-hybridized carbons (Fsp3) is 0.688. The second-order valence-electron chi connectivity index (χ2n) is 6.82. The van der Waals surface area contributed by atoms with Crippen molar-refractivity contribution >= 4 is 18.0 Å². The Hall–Kier alpha value is -2.05. The van der Waals surface area contributed by atoms with E-state index in [1.54, 1.807) is 33.8 Å². The predicted molar refractivity (Wildman–Crippen MR) is 82.4 cm³/mol. The molecule has 0 N–H and O–H groups in total. The van der Waals surface area contributed by atoms with Gasteiger partial charge in [-0.15, -0.1) is 0 Å². The molecule has 1 atom stereocenters. The predicted octanol–water partition coefficient (Wildman–Crippen LogP) is 1.68. The maximum Gasteiger partial charge on any atom is 0.411 e. The van der Waals surface area contributed by atoms with Crippen molar-refractivity contribution in [1.29, 1.82) is 0 Å². The molecular formula is C16H24N2O5. The van der Waals surface area contributed by atoms with Gasteiger partial charge in [0.15, 0.2) is 0 Å². The maximum atomic E-state index is 12.7. The van der Waals surface area contributed by atoms with Crippen molar-refractivity contribution in [2.24, 2.45) is 0 Å². The van der Waals surface area contributed by atoms with Gasteiger partial charge in [0.1, 0.15) is 16.8 Å². The molecule has 7 heteroatoms. The minimum absolute atomic E-state index is 0.208. The summed E-state index contributed by atoms with van der Waals surface area (Å²) in [4.78, 5) is 39.7. The summed E-state index contributed by atoms with van der Waals surface area (Å²) in [7, 11) is 1.27. The second-order valence-corrected chi connectivity index (χ2v) is 6.82. The first-order valence-corrected chi connectivity index (χ1v) is 7.73. The van der Waals surface area contributed by atoms with E-state index < -0.39 is 23.2 Å². The monoisotopic (exact) mass is 324 g/mol. The van der Waals surface area contributed by atoms with E-state index in [4.69, 9.17) is 9.47 Å². The zero-order valence-electron chi connectivity index (χ0n) is 14.3. The van der Waals surface area contributed by atoms with Gasteiger partial charge < -0.3 is 14.4 Å². The molecule has 2 heterocycles. The summed E-state index contributed by atoms with van der Waals surface area (Å²) in [6.07, 6.45) is 2.38. The number of carbonyl (C=O) groups excluding carboxylic acids is 3. The molecule has 128 valence electrons. The zero-order chi connectivity index (χ0) is 17.4. The highest BCUT2D eigenvalue weighted by molar-refractivity contribution is 6.03. The third-order valence-corrected chi connectivity index (χ3v) is 4.12. The molecule has 0 saturated carbocycles. The highest BCUT2D eigenvalue weighted by Gasteiger charge is 2.61. The van der Waals surface area contributed by atoms with E-state index in [1.807, 2.05) is 0 Å². The Kier molecular flexibility index (Phi) is 4.41. The Morgan fingerprint density at radius 2 is 1.96 bits per heavy atom. The molecule has 0 aromatic heterocycles. The molecule has 1 spiro atoms. The molecular weight excluding hydrogens is 300 g/mol. The zero-order valence-corrected chi connectivity index (χ0v) is 14.3. The summed E-state index contributed by atoms with van der Waals surface area (Å²) in [6, 6.07) is 0. The number of hydrogen-bond acceptors (Lipinski definition) is 5. The third kappa shape index (κ3) is 2.92. The van der Waals surface area contributed by atoms with Crippen LogP contribution in [0, 0.1) is 0 Å². The van der Waals surface area contributed by atoms with Crippen LogP contribution >= 0.6 is 0 Å². The number of nitrogens with zero attached hydrogens (tertiary/aromatic N) is 2. The van der Waals surface area contributed by atoms with Crippen LogP contribution in [0.5, 0.6) is 0 Å². The van der Waals surface area contributed by atoms with Gasteiger partial charge in [-0.3, -0.25) is 9.69 Å². The maximum absolute atomic E-state index is 12.7. The van der Waals surface area contributed by atoms with Crippen LogP contribution < -0.4 is 0 Å². The molecule has 2 amide bonds. The molecule has 2 fully saturated rings. The summed E-state index contributed by atoms with van der Waals surface area (Å²) >= 11 is 0. The van der Waals surface area contributed by atoms with Crippen LogP contribution in [0.4, 0.5) is 4.79 Å². The first-order chi connectivity index (χ1) is 10.7. The summed E-state index contributed by atoms with van der Waals surface area (Å²) < 4.78 is 10.1. The van der Waals surface area contributed by atoms with Crippen molar-refractivity contribution in [2.45, 2.75) is 51.7 Å². The molecule has 0 bridgehead atoms. The normalized spacial score (nSPS) is 24.7. The molecule has 7 nitrogen and oxygen atoms in total. The van der Waals surface area contributed by atoms with E-state index >= 15 is 0 Å². The van der Waals surface area contributed by atoms with E-state index in [1.165, 1.54) is 16.9 Å². The summed E-state index contributed by atoms with van der Waals surface area (Å²) in [5.41, 5.74) is -1.29. The number of ether oxygens (including phenoxy) is 2. The quantitative estimate of drug-likeness (QED) is 0.439. The third-order valence-electron chi connectivity index (χ3n) is 4.12. The molecule has 0 radical (unpaired) electrons. The molecule has 0 aliphatic carbocycles. The minimum Gasteiger partial charge on any atom is -0.464 e. The number of amides is 2. The fourth-order valence-corrected chi connectivity index (χ4v) is 3.09. The SMILES string of the molecule is CC=C(C(=O)OC)N1CC2(CCCN2C(=O)OC(C)(C)C)C1=O. The van der Waals surface area contributed by atoms with Crippen LogP contribution in [0.3, 0.4) is 0 Å². The lowest BCUT2D eigenvalue weighted by Gasteiger charge is -2.50. The summed E-state index contributed by atoms with van der Waals surface area (Å²) in [5.74, 6) is -0.808. The van der Waals surface area contributed by atoms with Crippen LogP contribution in [0.25, 0.3) is 0 Å². The fourth-order valence-electron chi connectivity index (χ4n) is 3.09. The standard InChI is InChI=1S/C16H24N2O5/c1-6-11(12(19)22-5)17-10-16(13(17)20)8-7-9-18(16)14(21)23-15(2,3)4/h6H,7-10H2,1-5H3. The number of carbonyl (C=O) groups is 3. The number of allylic oxidation sites excluding steroid dienone is 1. The largest absolute Gasteiger partial charge is 0.464 e. The molecule has 1 unspecified atom stereocenters. The number of β-lactam (4-membered cyclic amide) rings is 1. The Balaban J connectivity index is 2.16.